The Bertz CT molecular complexity index is 1190. The van der Waals surface area contributed by atoms with Gasteiger partial charge >= 0.3 is 0 Å². The predicted molar refractivity (Wildman–Crippen MR) is 119 cm³/mol. The quantitative estimate of drug-likeness (QED) is 0.526. The number of carbonyl (C=O) groups is 2. The van der Waals surface area contributed by atoms with Crippen LogP contribution in [0.4, 0.5) is 5.69 Å². The van der Waals surface area contributed by atoms with Crippen molar-refractivity contribution in [2.75, 3.05) is 12.4 Å². The molecule has 0 aliphatic heterocycles. The molecule has 8 nitrogen and oxygen atoms in total. The summed E-state index contributed by atoms with van der Waals surface area (Å²) in [6, 6.07) is 13.3. The predicted octanol–water partition coefficient (Wildman–Crippen LogP) is 4.02. The average molecular weight is 433 g/mol. The number of nitrogens with zero attached hydrogens (tertiary/aromatic N) is 1. The Labute approximate surface area is 184 Å². The third-order valence-electron chi connectivity index (χ3n) is 5.32. The molecule has 1 aliphatic rings. The van der Waals surface area contributed by atoms with Crippen LogP contribution in [0.5, 0.6) is 11.5 Å². The highest BCUT2D eigenvalue weighted by molar-refractivity contribution is 6.09. The number of phenolic OH excluding ortho intramolecular Hbond substituents is 1. The highest BCUT2D eigenvalue weighted by Crippen LogP contribution is 2.30. The maximum atomic E-state index is 12.8. The smallest absolute Gasteiger partial charge is 0.291 e. The molecule has 2 aromatic carbocycles. The molecule has 0 unspecified atom stereocenters. The zero-order valence-electron chi connectivity index (χ0n) is 17.8. The number of para-hydroxylation sites is 1. The Balaban J connectivity index is 1.55. The minimum absolute atomic E-state index is 0.119. The van der Waals surface area contributed by atoms with E-state index in [1.807, 2.05) is 0 Å². The Morgan fingerprint density at radius 1 is 1.06 bits per heavy atom. The van der Waals surface area contributed by atoms with E-state index in [0.29, 0.717) is 41.3 Å². The van der Waals surface area contributed by atoms with Crippen molar-refractivity contribution in [3.05, 3.63) is 76.7 Å². The Morgan fingerprint density at radius 2 is 1.81 bits per heavy atom. The zero-order valence-corrected chi connectivity index (χ0v) is 17.8. The molecule has 32 heavy (non-hydrogen) atoms. The molecule has 164 valence electrons. The molecular formula is C24H23N3O5. The first-order valence-corrected chi connectivity index (χ1v) is 10.2. The number of rotatable bonds is 5. The number of furan rings is 1. The molecular weight excluding hydrogens is 410 g/mol. The van der Waals surface area contributed by atoms with Crippen LogP contribution < -0.4 is 15.5 Å². The highest BCUT2D eigenvalue weighted by atomic mass is 16.5. The van der Waals surface area contributed by atoms with Crippen LogP contribution in [0.3, 0.4) is 0 Å². The van der Waals surface area contributed by atoms with Crippen LogP contribution in [0.25, 0.3) is 0 Å². The number of hydrazone groups is 1. The van der Waals surface area contributed by atoms with E-state index >= 15 is 0 Å². The van der Waals surface area contributed by atoms with Crippen molar-refractivity contribution in [2.24, 2.45) is 5.10 Å². The molecule has 0 spiro atoms. The van der Waals surface area contributed by atoms with Gasteiger partial charge in [0.2, 0.25) is 0 Å². The molecule has 0 saturated heterocycles. The van der Waals surface area contributed by atoms with Gasteiger partial charge in [-0.2, -0.15) is 5.10 Å². The van der Waals surface area contributed by atoms with Gasteiger partial charge in [-0.05, 0) is 56.2 Å². The van der Waals surface area contributed by atoms with Crippen LogP contribution in [-0.2, 0) is 6.42 Å². The number of fused-ring (bicyclic) bond motifs is 1. The first-order valence-electron chi connectivity index (χ1n) is 10.2. The number of hydrogen-bond donors (Lipinski definition) is 3. The van der Waals surface area contributed by atoms with Gasteiger partial charge in [-0.15, -0.1) is 0 Å². The number of amides is 2. The number of hydrogen-bond acceptors (Lipinski definition) is 6. The number of methoxy groups -OCH3 is 1. The fraction of sp³-hybridized carbons (Fsp3) is 0.208. The molecule has 0 bridgehead atoms. The second-order valence-electron chi connectivity index (χ2n) is 7.41. The molecule has 3 N–H and O–H groups in total. The molecule has 3 aromatic rings. The molecule has 1 heterocycles. The summed E-state index contributed by atoms with van der Waals surface area (Å²) in [6.45, 7) is 1.80. The van der Waals surface area contributed by atoms with E-state index in [-0.39, 0.29) is 23.0 Å². The van der Waals surface area contributed by atoms with Gasteiger partial charge in [-0.25, -0.2) is 5.43 Å². The average Bonchev–Trinajstić information content (AvgIpc) is 3.15. The first-order chi connectivity index (χ1) is 15.5. The number of benzene rings is 2. The Kier molecular flexibility index (Phi) is 5.93. The van der Waals surface area contributed by atoms with Crippen LogP contribution in [0.1, 0.15) is 50.6 Å². The van der Waals surface area contributed by atoms with Crippen LogP contribution in [-0.4, -0.2) is 29.7 Å². The van der Waals surface area contributed by atoms with Crippen LogP contribution in [0.2, 0.25) is 0 Å². The van der Waals surface area contributed by atoms with Gasteiger partial charge in [0.25, 0.3) is 11.8 Å². The molecule has 2 amide bonds. The topological polar surface area (TPSA) is 113 Å². The summed E-state index contributed by atoms with van der Waals surface area (Å²) in [5.74, 6) is 0.587. The van der Waals surface area contributed by atoms with Crippen molar-refractivity contribution in [1.82, 2.24) is 5.43 Å². The molecule has 1 aliphatic carbocycles. The van der Waals surface area contributed by atoms with Gasteiger partial charge in [0, 0.05) is 23.2 Å². The lowest BCUT2D eigenvalue weighted by molar-refractivity contribution is 0.0950. The summed E-state index contributed by atoms with van der Waals surface area (Å²) >= 11 is 0. The molecule has 4 rings (SSSR count). The summed E-state index contributed by atoms with van der Waals surface area (Å²) in [6.07, 6.45) is 2.09. The molecule has 0 atom stereocenters. The number of aryl methyl sites for hydroxylation is 1. The van der Waals surface area contributed by atoms with E-state index in [1.165, 1.54) is 12.1 Å². The summed E-state index contributed by atoms with van der Waals surface area (Å²) in [7, 11) is 1.58. The summed E-state index contributed by atoms with van der Waals surface area (Å²) in [5, 5.41) is 17.0. The minimum Gasteiger partial charge on any atom is -0.507 e. The SMILES string of the molecule is COc1ccc(NC(=O)c2oc3c(c2C)/C(=N/NC(=O)c2ccccc2O)CCC3)cc1. The van der Waals surface area contributed by atoms with E-state index in [0.717, 1.165) is 12.0 Å². The standard InChI is InChI=1S/C24H23N3O5/c1-14-21-18(26-27-23(29)17-6-3-4-8-19(17)28)7-5-9-20(21)32-22(14)24(30)25-15-10-12-16(31-2)13-11-15/h3-4,6,8,10-13,28H,5,7,9H2,1-2H3,(H,25,30)(H,27,29)/b26-18+. The third kappa shape index (κ3) is 4.20. The second kappa shape index (κ2) is 8.97. The Morgan fingerprint density at radius 3 is 2.53 bits per heavy atom. The van der Waals surface area contributed by atoms with Crippen molar-refractivity contribution < 1.29 is 23.8 Å². The molecule has 1 aromatic heterocycles. The van der Waals surface area contributed by atoms with Crippen molar-refractivity contribution in [1.29, 1.82) is 0 Å². The van der Waals surface area contributed by atoms with E-state index in [2.05, 4.69) is 15.8 Å². The number of aromatic hydroxyl groups is 1. The van der Waals surface area contributed by atoms with Gasteiger partial charge in [-0.1, -0.05) is 12.1 Å². The maximum Gasteiger partial charge on any atom is 0.291 e. The van der Waals surface area contributed by atoms with Gasteiger partial charge in [-0.3, -0.25) is 9.59 Å². The fourth-order valence-electron chi connectivity index (χ4n) is 3.70. The summed E-state index contributed by atoms with van der Waals surface area (Å²) in [4.78, 5) is 25.2. The minimum atomic E-state index is -0.513. The lowest BCUT2D eigenvalue weighted by Gasteiger charge is -2.13. The van der Waals surface area contributed by atoms with Crippen molar-refractivity contribution in [3.63, 3.8) is 0 Å². The first kappa shape index (κ1) is 21.2. The van der Waals surface area contributed by atoms with Gasteiger partial charge in [0.15, 0.2) is 5.76 Å². The molecule has 0 fully saturated rings. The number of ether oxygens (including phenoxy) is 1. The van der Waals surface area contributed by atoms with Crippen LogP contribution in [0, 0.1) is 6.92 Å². The normalized spacial score (nSPS) is 14.0. The number of nitrogens with one attached hydrogen (secondary N) is 2. The van der Waals surface area contributed by atoms with Crippen LogP contribution >= 0.6 is 0 Å². The van der Waals surface area contributed by atoms with Gasteiger partial charge in [0.1, 0.15) is 17.3 Å². The van der Waals surface area contributed by atoms with E-state index in [9.17, 15) is 14.7 Å². The lowest BCUT2D eigenvalue weighted by Crippen LogP contribution is -2.22. The molecule has 0 saturated carbocycles. The zero-order chi connectivity index (χ0) is 22.7. The number of phenols is 1. The lowest BCUT2D eigenvalue weighted by atomic mass is 9.93. The fourth-order valence-corrected chi connectivity index (χ4v) is 3.70. The monoisotopic (exact) mass is 433 g/mol. The molecule has 8 heteroatoms. The number of anilines is 1. The van der Waals surface area contributed by atoms with E-state index < -0.39 is 5.91 Å². The maximum absolute atomic E-state index is 12.8. The largest absolute Gasteiger partial charge is 0.507 e. The number of carbonyl (C=O) groups excluding carboxylic acids is 2. The van der Waals surface area contributed by atoms with Crippen molar-refractivity contribution >= 4 is 23.2 Å². The van der Waals surface area contributed by atoms with Crippen molar-refractivity contribution in [3.8, 4) is 11.5 Å². The summed E-state index contributed by atoms with van der Waals surface area (Å²) < 4.78 is 11.0. The van der Waals surface area contributed by atoms with E-state index in [4.69, 9.17) is 9.15 Å². The third-order valence-corrected chi connectivity index (χ3v) is 5.32. The van der Waals surface area contributed by atoms with Gasteiger partial charge < -0.3 is 19.6 Å². The van der Waals surface area contributed by atoms with Crippen molar-refractivity contribution in [2.45, 2.75) is 26.2 Å². The Hall–Kier alpha value is -4.07. The van der Waals surface area contributed by atoms with E-state index in [1.54, 1.807) is 50.4 Å². The van der Waals surface area contributed by atoms with Crippen LogP contribution in [0.15, 0.2) is 58.0 Å². The second-order valence-corrected chi connectivity index (χ2v) is 7.41. The highest BCUT2D eigenvalue weighted by Gasteiger charge is 2.28. The summed E-state index contributed by atoms with van der Waals surface area (Å²) in [5.41, 5.74) is 5.31. The van der Waals surface area contributed by atoms with Gasteiger partial charge in [0.05, 0.1) is 18.4 Å². The molecule has 0 radical (unpaired) electrons.